The van der Waals surface area contributed by atoms with Crippen molar-refractivity contribution in [3.63, 3.8) is 0 Å². The van der Waals surface area contributed by atoms with Crippen molar-refractivity contribution in [3.8, 4) is 11.8 Å². The van der Waals surface area contributed by atoms with E-state index < -0.39 is 12.2 Å². The van der Waals surface area contributed by atoms with Gasteiger partial charge in [0, 0.05) is 25.5 Å². The molecular weight excluding hydrogens is 248 g/mol. The van der Waals surface area contributed by atoms with Gasteiger partial charge in [0.25, 0.3) is 5.91 Å². The van der Waals surface area contributed by atoms with Crippen molar-refractivity contribution in [2.75, 3.05) is 19.7 Å². The molecule has 6 nitrogen and oxygen atoms in total. The molecule has 0 spiro atoms. The van der Waals surface area contributed by atoms with Crippen molar-refractivity contribution in [2.24, 2.45) is 0 Å². The van der Waals surface area contributed by atoms with E-state index in [-0.39, 0.29) is 25.6 Å². The van der Waals surface area contributed by atoms with Crippen LogP contribution >= 0.6 is 0 Å². The van der Waals surface area contributed by atoms with Gasteiger partial charge >= 0.3 is 0 Å². The van der Waals surface area contributed by atoms with Crippen LogP contribution in [0.15, 0.2) is 18.5 Å². The van der Waals surface area contributed by atoms with Crippen LogP contribution < -0.4 is 0 Å². The molecule has 100 valence electrons. The highest BCUT2D eigenvalue weighted by Crippen LogP contribution is 2.16. The number of aromatic nitrogens is 1. The zero-order chi connectivity index (χ0) is 13.8. The molecule has 1 saturated heterocycles. The minimum absolute atomic E-state index is 0.0925. The number of pyridine rings is 1. The molecule has 3 N–H and O–H groups in total. The third kappa shape index (κ3) is 2.90. The van der Waals surface area contributed by atoms with E-state index in [1.54, 1.807) is 0 Å². The summed E-state index contributed by atoms with van der Waals surface area (Å²) in [7, 11) is 0. The van der Waals surface area contributed by atoms with E-state index in [9.17, 15) is 15.0 Å². The molecular formula is C13H14N2O4. The SMILES string of the molecule is O=C(c1ccncc1C#CCO)N1CC(O)C(O)C1. The summed E-state index contributed by atoms with van der Waals surface area (Å²) in [4.78, 5) is 17.5. The largest absolute Gasteiger partial charge is 0.388 e. The average Bonchev–Trinajstić information content (AvgIpc) is 2.76. The Kier molecular flexibility index (Phi) is 4.12. The molecule has 2 atom stereocenters. The molecule has 1 fully saturated rings. The molecule has 2 unspecified atom stereocenters. The fourth-order valence-corrected chi connectivity index (χ4v) is 1.92. The monoisotopic (exact) mass is 262 g/mol. The van der Waals surface area contributed by atoms with Crippen LogP contribution in [0.4, 0.5) is 0 Å². The number of hydrogen-bond acceptors (Lipinski definition) is 5. The molecule has 1 aromatic heterocycles. The first-order valence-electron chi connectivity index (χ1n) is 5.82. The second-order valence-corrected chi connectivity index (χ2v) is 4.23. The molecule has 1 aliphatic heterocycles. The van der Waals surface area contributed by atoms with Gasteiger partial charge in [-0.1, -0.05) is 11.8 Å². The summed E-state index contributed by atoms with van der Waals surface area (Å²) < 4.78 is 0. The highest BCUT2D eigenvalue weighted by molar-refractivity contribution is 5.96. The van der Waals surface area contributed by atoms with E-state index >= 15 is 0 Å². The van der Waals surface area contributed by atoms with Gasteiger partial charge in [-0.25, -0.2) is 0 Å². The molecule has 0 aromatic carbocycles. The number of carbonyl (C=O) groups is 1. The molecule has 1 amide bonds. The first-order chi connectivity index (χ1) is 9.13. The lowest BCUT2D eigenvalue weighted by atomic mass is 10.1. The van der Waals surface area contributed by atoms with Crippen molar-refractivity contribution in [1.29, 1.82) is 0 Å². The number of carbonyl (C=O) groups excluding carboxylic acids is 1. The summed E-state index contributed by atoms with van der Waals surface area (Å²) in [6, 6.07) is 1.53. The van der Waals surface area contributed by atoms with Crippen LogP contribution in [0.25, 0.3) is 0 Å². The fraction of sp³-hybridized carbons (Fsp3) is 0.385. The van der Waals surface area contributed by atoms with Crippen LogP contribution in [0.2, 0.25) is 0 Å². The smallest absolute Gasteiger partial charge is 0.255 e. The Labute approximate surface area is 110 Å². The maximum atomic E-state index is 12.3. The van der Waals surface area contributed by atoms with Crippen LogP contribution in [0, 0.1) is 11.8 Å². The predicted molar refractivity (Wildman–Crippen MR) is 66.1 cm³/mol. The first-order valence-corrected chi connectivity index (χ1v) is 5.82. The molecule has 2 heterocycles. The molecule has 19 heavy (non-hydrogen) atoms. The average molecular weight is 262 g/mol. The lowest BCUT2D eigenvalue weighted by Gasteiger charge is -2.16. The Morgan fingerprint density at radius 1 is 1.42 bits per heavy atom. The number of hydrogen-bond donors (Lipinski definition) is 3. The Morgan fingerprint density at radius 2 is 2.11 bits per heavy atom. The third-order valence-corrected chi connectivity index (χ3v) is 2.90. The minimum Gasteiger partial charge on any atom is -0.388 e. The number of amides is 1. The summed E-state index contributed by atoms with van der Waals surface area (Å²) in [6.07, 6.45) is 1.08. The first kappa shape index (κ1) is 13.5. The molecule has 1 aromatic rings. The molecule has 1 aliphatic rings. The van der Waals surface area contributed by atoms with Crippen LogP contribution in [0.3, 0.4) is 0 Å². The predicted octanol–water partition coefficient (Wildman–Crippen LogP) is -1.40. The van der Waals surface area contributed by atoms with Gasteiger partial charge in [0.15, 0.2) is 0 Å². The highest BCUT2D eigenvalue weighted by Gasteiger charge is 2.33. The summed E-state index contributed by atoms with van der Waals surface area (Å²) >= 11 is 0. The minimum atomic E-state index is -0.919. The summed E-state index contributed by atoms with van der Waals surface area (Å²) in [6.45, 7) is -0.117. The number of β-amino-alcohol motifs (C(OH)–C–C–N with tert-alkyl or cyclic N) is 2. The quantitative estimate of drug-likeness (QED) is 0.541. The Morgan fingerprint density at radius 3 is 2.74 bits per heavy atom. The number of likely N-dealkylation sites (tertiary alicyclic amines) is 1. The summed E-state index contributed by atoms with van der Waals surface area (Å²) in [5, 5.41) is 27.6. The van der Waals surface area contributed by atoms with Gasteiger partial charge in [-0.3, -0.25) is 9.78 Å². The Bertz CT molecular complexity index is 525. The van der Waals surface area contributed by atoms with Crippen molar-refractivity contribution in [3.05, 3.63) is 29.6 Å². The van der Waals surface area contributed by atoms with Crippen molar-refractivity contribution < 1.29 is 20.1 Å². The zero-order valence-electron chi connectivity index (χ0n) is 10.2. The molecule has 0 aliphatic carbocycles. The second kappa shape index (κ2) is 5.80. The normalized spacial score (nSPS) is 21.9. The molecule has 0 radical (unpaired) electrons. The standard InChI is InChI=1S/C13H14N2O4/c16-5-1-2-9-6-14-4-3-10(9)13(19)15-7-11(17)12(18)8-15/h3-4,6,11-12,16-18H,5,7-8H2. The van der Waals surface area contributed by atoms with Crippen molar-refractivity contribution in [2.45, 2.75) is 12.2 Å². The van der Waals surface area contributed by atoms with E-state index in [1.165, 1.54) is 23.4 Å². The molecule has 0 saturated carbocycles. The molecule has 6 heteroatoms. The van der Waals surface area contributed by atoms with E-state index in [1.807, 2.05) is 0 Å². The van der Waals surface area contributed by atoms with Gasteiger partial charge in [-0.05, 0) is 6.07 Å². The zero-order valence-corrected chi connectivity index (χ0v) is 10.2. The van der Waals surface area contributed by atoms with Crippen LogP contribution in [-0.2, 0) is 0 Å². The lowest BCUT2D eigenvalue weighted by molar-refractivity contribution is 0.0572. The Hall–Kier alpha value is -1.94. The van der Waals surface area contributed by atoms with Gasteiger partial charge in [0.2, 0.25) is 0 Å². The lowest BCUT2D eigenvalue weighted by Crippen LogP contribution is -2.30. The molecule has 0 bridgehead atoms. The van der Waals surface area contributed by atoms with Crippen LogP contribution in [0.1, 0.15) is 15.9 Å². The number of rotatable bonds is 1. The molecule has 2 rings (SSSR count). The third-order valence-electron chi connectivity index (χ3n) is 2.90. The van der Waals surface area contributed by atoms with Crippen molar-refractivity contribution in [1.82, 2.24) is 9.88 Å². The number of aliphatic hydroxyl groups excluding tert-OH is 3. The second-order valence-electron chi connectivity index (χ2n) is 4.23. The topological polar surface area (TPSA) is 93.9 Å². The highest BCUT2D eigenvalue weighted by atomic mass is 16.3. The summed E-state index contributed by atoms with van der Waals surface area (Å²) in [5.74, 6) is 4.80. The van der Waals surface area contributed by atoms with E-state index in [2.05, 4.69) is 16.8 Å². The van der Waals surface area contributed by atoms with E-state index in [0.29, 0.717) is 11.1 Å². The fourth-order valence-electron chi connectivity index (χ4n) is 1.92. The maximum absolute atomic E-state index is 12.3. The van der Waals surface area contributed by atoms with Gasteiger partial charge in [-0.2, -0.15) is 0 Å². The van der Waals surface area contributed by atoms with Crippen LogP contribution in [0.5, 0.6) is 0 Å². The van der Waals surface area contributed by atoms with Gasteiger partial charge in [0.05, 0.1) is 23.3 Å². The van der Waals surface area contributed by atoms with E-state index in [0.717, 1.165) is 0 Å². The maximum Gasteiger partial charge on any atom is 0.255 e. The van der Waals surface area contributed by atoms with Gasteiger partial charge in [-0.15, -0.1) is 0 Å². The van der Waals surface area contributed by atoms with Crippen LogP contribution in [-0.4, -0.2) is 63.0 Å². The van der Waals surface area contributed by atoms with Crippen molar-refractivity contribution >= 4 is 5.91 Å². The Balaban J connectivity index is 2.24. The van der Waals surface area contributed by atoms with Gasteiger partial charge < -0.3 is 20.2 Å². The van der Waals surface area contributed by atoms with Gasteiger partial charge in [0.1, 0.15) is 6.61 Å². The summed E-state index contributed by atoms with van der Waals surface area (Å²) in [5.41, 5.74) is 0.759. The number of nitrogens with zero attached hydrogens (tertiary/aromatic N) is 2. The number of aliphatic hydroxyl groups is 3. The van der Waals surface area contributed by atoms with E-state index in [4.69, 9.17) is 5.11 Å².